The van der Waals surface area contributed by atoms with E-state index in [1.165, 1.54) is 0 Å². The Morgan fingerprint density at radius 3 is 2.84 bits per heavy atom. The number of nitrogens with one attached hydrogen (secondary N) is 1. The van der Waals surface area contributed by atoms with Crippen molar-refractivity contribution < 1.29 is 13.2 Å². The van der Waals surface area contributed by atoms with E-state index in [0.29, 0.717) is 12.0 Å². The van der Waals surface area contributed by atoms with Gasteiger partial charge < -0.3 is 5.32 Å². The minimum absolute atomic E-state index is 0.0450. The van der Waals surface area contributed by atoms with Gasteiger partial charge in [0.1, 0.15) is 0 Å². The number of benzene rings is 1. The summed E-state index contributed by atoms with van der Waals surface area (Å²) in [5.41, 5.74) is 0.568. The highest BCUT2D eigenvalue weighted by atomic mass is 127. The van der Waals surface area contributed by atoms with Crippen molar-refractivity contribution in [3.05, 3.63) is 31.8 Å². The smallest absolute Gasteiger partial charge is 0.252 e. The SMILES string of the molecule is O=C(NC1CCCS(=O)(=O)C1)c1cc(Br)ccc1I. The standard InChI is InChI=1S/C12H13BrINO3S/c13-8-3-4-11(14)10(6-8)12(16)15-9-2-1-5-19(17,18)7-9/h3-4,6,9H,1-2,5,7H2,(H,15,16). The Labute approximate surface area is 134 Å². The van der Waals surface area contributed by atoms with E-state index in [1.807, 2.05) is 12.1 Å². The van der Waals surface area contributed by atoms with Gasteiger partial charge in [-0.25, -0.2) is 8.42 Å². The maximum atomic E-state index is 12.2. The molecule has 1 fully saturated rings. The fourth-order valence-electron chi connectivity index (χ4n) is 2.07. The van der Waals surface area contributed by atoms with Crippen LogP contribution in [0.3, 0.4) is 0 Å². The fourth-order valence-corrected chi connectivity index (χ4v) is 4.65. The number of halogens is 2. The molecule has 1 N–H and O–H groups in total. The van der Waals surface area contributed by atoms with Crippen LogP contribution in [0.2, 0.25) is 0 Å². The van der Waals surface area contributed by atoms with E-state index >= 15 is 0 Å². The topological polar surface area (TPSA) is 63.2 Å². The van der Waals surface area contributed by atoms with Gasteiger partial charge in [-0.15, -0.1) is 0 Å². The third-order valence-corrected chi connectivity index (χ3v) is 6.23. The molecule has 1 unspecified atom stereocenters. The summed E-state index contributed by atoms with van der Waals surface area (Å²) in [6.45, 7) is 0. The Balaban J connectivity index is 2.11. The molecule has 0 aliphatic carbocycles. The number of rotatable bonds is 2. The van der Waals surface area contributed by atoms with Crippen LogP contribution < -0.4 is 5.32 Å². The van der Waals surface area contributed by atoms with E-state index in [-0.39, 0.29) is 23.5 Å². The molecule has 1 saturated heterocycles. The Bertz CT molecular complexity index is 603. The van der Waals surface area contributed by atoms with E-state index in [2.05, 4.69) is 43.8 Å². The molecular weight excluding hydrogens is 445 g/mol. The molecule has 1 aliphatic heterocycles. The summed E-state index contributed by atoms with van der Waals surface area (Å²) < 4.78 is 24.8. The lowest BCUT2D eigenvalue weighted by Crippen LogP contribution is -2.43. The molecule has 1 heterocycles. The highest BCUT2D eigenvalue weighted by Crippen LogP contribution is 2.19. The van der Waals surface area contributed by atoms with Crippen LogP contribution in [-0.2, 0) is 9.84 Å². The van der Waals surface area contributed by atoms with Gasteiger partial charge in [-0.3, -0.25) is 4.79 Å². The van der Waals surface area contributed by atoms with Gasteiger partial charge in [0, 0.05) is 14.1 Å². The predicted octanol–water partition coefficient (Wildman–Crippen LogP) is 2.36. The lowest BCUT2D eigenvalue weighted by molar-refractivity contribution is 0.0937. The van der Waals surface area contributed by atoms with Crippen molar-refractivity contribution >= 4 is 54.3 Å². The Kier molecular flexibility index (Phi) is 4.88. The zero-order valence-electron chi connectivity index (χ0n) is 10.0. The third-order valence-electron chi connectivity index (χ3n) is 2.97. The number of carbonyl (C=O) groups is 1. The quantitative estimate of drug-likeness (QED) is 0.693. The summed E-state index contributed by atoms with van der Waals surface area (Å²) in [5.74, 6) is 0.0599. The number of carbonyl (C=O) groups excluding carboxylic acids is 1. The average Bonchev–Trinajstić information content (AvgIpc) is 2.31. The number of amides is 1. The Morgan fingerprint density at radius 1 is 1.42 bits per heavy atom. The van der Waals surface area contributed by atoms with Crippen molar-refractivity contribution in [2.45, 2.75) is 18.9 Å². The number of hydrogen-bond donors (Lipinski definition) is 1. The zero-order chi connectivity index (χ0) is 14.0. The number of hydrogen-bond acceptors (Lipinski definition) is 3. The van der Waals surface area contributed by atoms with Gasteiger partial charge in [0.25, 0.3) is 5.91 Å². The maximum absolute atomic E-state index is 12.2. The van der Waals surface area contributed by atoms with Crippen LogP contribution in [0.4, 0.5) is 0 Å². The molecule has 1 atom stereocenters. The van der Waals surface area contributed by atoms with Gasteiger partial charge in [0.15, 0.2) is 9.84 Å². The van der Waals surface area contributed by atoms with Crippen molar-refractivity contribution in [3.63, 3.8) is 0 Å². The molecular formula is C12H13BrINO3S. The second-order valence-corrected chi connectivity index (χ2v) is 8.86. The molecule has 1 amide bonds. The first-order valence-corrected chi connectivity index (χ1v) is 9.53. The molecule has 2 rings (SSSR count). The van der Waals surface area contributed by atoms with Crippen LogP contribution in [0.5, 0.6) is 0 Å². The van der Waals surface area contributed by atoms with Gasteiger partial charge in [-0.05, 0) is 53.6 Å². The molecule has 7 heteroatoms. The van der Waals surface area contributed by atoms with Crippen LogP contribution >= 0.6 is 38.5 Å². The summed E-state index contributed by atoms with van der Waals surface area (Å²) in [6, 6.07) is 5.18. The molecule has 0 bridgehead atoms. The van der Waals surface area contributed by atoms with Crippen molar-refractivity contribution in [2.24, 2.45) is 0 Å². The third kappa shape index (κ3) is 4.16. The summed E-state index contributed by atoms with van der Waals surface area (Å²) in [7, 11) is -3.00. The molecule has 0 radical (unpaired) electrons. The minimum Gasteiger partial charge on any atom is -0.348 e. The molecule has 104 valence electrons. The first kappa shape index (κ1) is 15.2. The van der Waals surface area contributed by atoms with Gasteiger partial charge in [0.2, 0.25) is 0 Å². The van der Waals surface area contributed by atoms with Crippen molar-refractivity contribution in [2.75, 3.05) is 11.5 Å². The summed E-state index contributed by atoms with van der Waals surface area (Å²) >= 11 is 5.42. The van der Waals surface area contributed by atoms with Crippen molar-refractivity contribution in [1.82, 2.24) is 5.32 Å². The van der Waals surface area contributed by atoms with Crippen LogP contribution in [-0.4, -0.2) is 31.9 Å². The summed E-state index contributed by atoms with van der Waals surface area (Å²) in [5, 5.41) is 2.82. The lowest BCUT2D eigenvalue weighted by Gasteiger charge is -2.23. The second kappa shape index (κ2) is 6.09. The lowest BCUT2D eigenvalue weighted by atomic mass is 10.1. The van der Waals surface area contributed by atoms with Gasteiger partial charge >= 0.3 is 0 Å². The normalized spacial score (nSPS) is 21.9. The van der Waals surface area contributed by atoms with Gasteiger partial charge in [-0.1, -0.05) is 15.9 Å². The minimum atomic E-state index is -3.00. The maximum Gasteiger partial charge on any atom is 0.252 e. The molecule has 0 aromatic heterocycles. The molecule has 19 heavy (non-hydrogen) atoms. The largest absolute Gasteiger partial charge is 0.348 e. The summed E-state index contributed by atoms with van der Waals surface area (Å²) in [6.07, 6.45) is 1.33. The van der Waals surface area contributed by atoms with Crippen LogP contribution in [0, 0.1) is 3.57 Å². The van der Waals surface area contributed by atoms with Crippen LogP contribution in [0.15, 0.2) is 22.7 Å². The highest BCUT2D eigenvalue weighted by molar-refractivity contribution is 14.1. The molecule has 4 nitrogen and oxygen atoms in total. The van der Waals surface area contributed by atoms with Gasteiger partial charge in [-0.2, -0.15) is 0 Å². The Hall–Kier alpha value is -0.150. The molecule has 0 saturated carbocycles. The Morgan fingerprint density at radius 2 is 2.16 bits per heavy atom. The molecule has 1 aliphatic rings. The fraction of sp³-hybridized carbons (Fsp3) is 0.417. The van der Waals surface area contributed by atoms with Gasteiger partial charge in [0.05, 0.1) is 17.1 Å². The predicted molar refractivity (Wildman–Crippen MR) is 86.0 cm³/mol. The monoisotopic (exact) mass is 457 g/mol. The number of sulfone groups is 1. The first-order chi connectivity index (χ1) is 8.87. The molecule has 0 spiro atoms. The van der Waals surface area contributed by atoms with E-state index in [1.54, 1.807) is 6.07 Å². The van der Waals surface area contributed by atoms with Crippen molar-refractivity contribution in [1.29, 1.82) is 0 Å². The van der Waals surface area contributed by atoms with E-state index in [4.69, 9.17) is 0 Å². The first-order valence-electron chi connectivity index (χ1n) is 5.84. The highest BCUT2D eigenvalue weighted by Gasteiger charge is 2.26. The van der Waals surface area contributed by atoms with Crippen LogP contribution in [0.1, 0.15) is 23.2 Å². The van der Waals surface area contributed by atoms with Crippen molar-refractivity contribution in [3.8, 4) is 0 Å². The summed E-state index contributed by atoms with van der Waals surface area (Å²) in [4.78, 5) is 12.2. The van der Waals surface area contributed by atoms with E-state index in [0.717, 1.165) is 14.5 Å². The molecule has 1 aromatic rings. The second-order valence-electron chi connectivity index (χ2n) is 4.55. The average molecular weight is 458 g/mol. The van der Waals surface area contributed by atoms with E-state index < -0.39 is 9.84 Å². The molecule has 1 aromatic carbocycles. The van der Waals surface area contributed by atoms with E-state index in [9.17, 15) is 13.2 Å². The van der Waals surface area contributed by atoms with Crippen LogP contribution in [0.25, 0.3) is 0 Å². The zero-order valence-corrected chi connectivity index (χ0v) is 14.6.